The monoisotopic (exact) mass is 388 g/mol. The van der Waals surface area contributed by atoms with Gasteiger partial charge in [0.2, 0.25) is 10.0 Å². The fourth-order valence-electron chi connectivity index (χ4n) is 3.02. The zero-order valence-electron chi connectivity index (χ0n) is 15.5. The second-order valence-electron chi connectivity index (χ2n) is 6.56. The van der Waals surface area contributed by atoms with Gasteiger partial charge in [0.1, 0.15) is 5.75 Å². The maximum atomic E-state index is 12.6. The van der Waals surface area contributed by atoms with Crippen LogP contribution in [0.15, 0.2) is 54.6 Å². The van der Waals surface area contributed by atoms with Crippen LogP contribution in [-0.2, 0) is 14.8 Å². The van der Waals surface area contributed by atoms with Crippen LogP contribution in [0, 0.1) is 0 Å². The summed E-state index contributed by atoms with van der Waals surface area (Å²) in [6, 6.07) is 16.8. The summed E-state index contributed by atoms with van der Waals surface area (Å²) in [5.74, 6) is 0.183. The maximum absolute atomic E-state index is 12.6. The zero-order chi connectivity index (χ0) is 19.4. The third-order valence-electron chi connectivity index (χ3n) is 4.68. The van der Waals surface area contributed by atoms with Crippen molar-refractivity contribution in [1.82, 2.24) is 5.32 Å². The van der Waals surface area contributed by atoms with Crippen molar-refractivity contribution < 1.29 is 17.9 Å². The molecule has 2 aromatic rings. The molecule has 0 unspecified atom stereocenters. The molecule has 1 aliphatic heterocycles. The molecule has 3 rings (SSSR count). The lowest BCUT2D eigenvalue weighted by molar-refractivity contribution is -0.127. The standard InChI is InChI=1S/C20H24N2O4S/c1-3-27(24,25)22-14-19(26-18-12-8-7-11-17(18)22)20(23)21-13-15(2)16-9-5-4-6-10-16/h4-12,15,19H,3,13-14H2,1-2H3,(H,21,23)/t15-,19-/m0/s1. The van der Waals surface area contributed by atoms with Gasteiger partial charge in [-0.25, -0.2) is 8.42 Å². The van der Waals surface area contributed by atoms with E-state index in [1.807, 2.05) is 37.3 Å². The molecule has 6 nitrogen and oxygen atoms in total. The number of hydrogen-bond donors (Lipinski definition) is 1. The van der Waals surface area contributed by atoms with E-state index in [0.717, 1.165) is 5.56 Å². The summed E-state index contributed by atoms with van der Waals surface area (Å²) >= 11 is 0. The number of hydrogen-bond acceptors (Lipinski definition) is 4. The van der Waals surface area contributed by atoms with Gasteiger partial charge in [-0.05, 0) is 30.5 Å². The number of para-hydroxylation sites is 2. The van der Waals surface area contributed by atoms with Gasteiger partial charge in [-0.3, -0.25) is 9.10 Å². The van der Waals surface area contributed by atoms with Crippen LogP contribution in [0.25, 0.3) is 0 Å². The molecule has 0 aliphatic carbocycles. The van der Waals surface area contributed by atoms with E-state index >= 15 is 0 Å². The molecule has 144 valence electrons. The maximum Gasteiger partial charge on any atom is 0.263 e. The van der Waals surface area contributed by atoms with Crippen LogP contribution in [-0.4, -0.2) is 39.3 Å². The van der Waals surface area contributed by atoms with Crippen molar-refractivity contribution in [3.63, 3.8) is 0 Å². The van der Waals surface area contributed by atoms with Gasteiger partial charge in [-0.15, -0.1) is 0 Å². The predicted octanol–water partition coefficient (Wildman–Crippen LogP) is 2.52. The average Bonchev–Trinajstić information content (AvgIpc) is 2.71. The highest BCUT2D eigenvalue weighted by atomic mass is 32.2. The number of sulfonamides is 1. The Balaban J connectivity index is 1.72. The molecule has 0 aromatic heterocycles. The number of carbonyl (C=O) groups excluding carboxylic acids is 1. The van der Waals surface area contributed by atoms with Crippen LogP contribution in [0.4, 0.5) is 5.69 Å². The average molecular weight is 388 g/mol. The van der Waals surface area contributed by atoms with Crippen molar-refractivity contribution in [3.05, 3.63) is 60.2 Å². The number of carbonyl (C=O) groups is 1. The predicted molar refractivity (Wildman–Crippen MR) is 106 cm³/mol. The Labute approximate surface area is 160 Å². The molecule has 27 heavy (non-hydrogen) atoms. The Morgan fingerprint density at radius 1 is 1.19 bits per heavy atom. The topological polar surface area (TPSA) is 75.7 Å². The molecular formula is C20H24N2O4S. The molecule has 1 amide bonds. The number of nitrogens with one attached hydrogen (secondary N) is 1. The van der Waals surface area contributed by atoms with Crippen molar-refractivity contribution in [1.29, 1.82) is 0 Å². The second-order valence-corrected chi connectivity index (χ2v) is 8.74. The summed E-state index contributed by atoms with van der Waals surface area (Å²) in [7, 11) is -3.50. The molecule has 0 saturated carbocycles. The fraction of sp³-hybridized carbons (Fsp3) is 0.350. The summed E-state index contributed by atoms with van der Waals surface area (Å²) in [6.07, 6.45) is -0.885. The summed E-state index contributed by atoms with van der Waals surface area (Å²) in [4.78, 5) is 12.6. The molecule has 0 saturated heterocycles. The number of amides is 1. The number of anilines is 1. The van der Waals surface area contributed by atoms with Gasteiger partial charge in [0, 0.05) is 6.54 Å². The van der Waals surface area contributed by atoms with Crippen LogP contribution in [0.2, 0.25) is 0 Å². The molecule has 7 heteroatoms. The van der Waals surface area contributed by atoms with E-state index in [1.165, 1.54) is 4.31 Å². The first-order valence-corrected chi connectivity index (χ1v) is 10.6. The van der Waals surface area contributed by atoms with Crippen molar-refractivity contribution >= 4 is 21.6 Å². The van der Waals surface area contributed by atoms with Crippen molar-refractivity contribution in [2.75, 3.05) is 23.1 Å². The lowest BCUT2D eigenvalue weighted by atomic mass is 10.0. The van der Waals surface area contributed by atoms with Crippen molar-refractivity contribution in [2.24, 2.45) is 0 Å². The van der Waals surface area contributed by atoms with Crippen LogP contribution in [0.5, 0.6) is 5.75 Å². The Morgan fingerprint density at radius 2 is 1.85 bits per heavy atom. The number of rotatable bonds is 6. The summed E-state index contributed by atoms with van der Waals surface area (Å²) in [5.41, 5.74) is 1.60. The highest BCUT2D eigenvalue weighted by Crippen LogP contribution is 2.35. The smallest absolute Gasteiger partial charge is 0.263 e. The molecule has 0 radical (unpaired) electrons. The van der Waals surface area contributed by atoms with E-state index in [9.17, 15) is 13.2 Å². The lowest BCUT2D eigenvalue weighted by Crippen LogP contribution is -2.51. The van der Waals surface area contributed by atoms with Crippen LogP contribution < -0.4 is 14.4 Å². The van der Waals surface area contributed by atoms with E-state index in [-0.39, 0.29) is 24.1 Å². The van der Waals surface area contributed by atoms with Gasteiger partial charge in [0.15, 0.2) is 6.10 Å². The Morgan fingerprint density at radius 3 is 2.56 bits per heavy atom. The van der Waals surface area contributed by atoms with Gasteiger partial charge in [-0.1, -0.05) is 49.4 Å². The first-order valence-electron chi connectivity index (χ1n) is 9.01. The summed E-state index contributed by atoms with van der Waals surface area (Å²) in [5, 5.41) is 2.89. The minimum Gasteiger partial charge on any atom is -0.476 e. The van der Waals surface area contributed by atoms with Crippen LogP contribution >= 0.6 is 0 Å². The number of ether oxygens (including phenoxy) is 1. The third kappa shape index (κ3) is 4.24. The Bertz CT molecular complexity index is 899. The van der Waals surface area contributed by atoms with E-state index in [1.54, 1.807) is 31.2 Å². The highest BCUT2D eigenvalue weighted by molar-refractivity contribution is 7.92. The number of nitrogens with zero attached hydrogens (tertiary/aromatic N) is 1. The normalized spacial score (nSPS) is 17.6. The fourth-order valence-corrected chi connectivity index (χ4v) is 4.15. The van der Waals surface area contributed by atoms with Gasteiger partial charge >= 0.3 is 0 Å². The van der Waals surface area contributed by atoms with Crippen LogP contribution in [0.3, 0.4) is 0 Å². The van der Waals surface area contributed by atoms with E-state index < -0.39 is 16.1 Å². The number of benzene rings is 2. The molecule has 2 atom stereocenters. The van der Waals surface area contributed by atoms with Gasteiger partial charge in [-0.2, -0.15) is 0 Å². The van der Waals surface area contributed by atoms with E-state index in [0.29, 0.717) is 18.0 Å². The highest BCUT2D eigenvalue weighted by Gasteiger charge is 2.35. The Kier molecular flexibility index (Phi) is 5.70. The molecule has 1 N–H and O–H groups in total. The largest absolute Gasteiger partial charge is 0.476 e. The van der Waals surface area contributed by atoms with Gasteiger partial charge in [0.25, 0.3) is 5.91 Å². The first kappa shape index (κ1) is 19.2. The third-order valence-corrected chi connectivity index (χ3v) is 6.43. The van der Waals surface area contributed by atoms with E-state index in [4.69, 9.17) is 4.74 Å². The quantitative estimate of drug-likeness (QED) is 0.825. The lowest BCUT2D eigenvalue weighted by Gasteiger charge is -2.34. The molecule has 2 aromatic carbocycles. The van der Waals surface area contributed by atoms with Crippen LogP contribution in [0.1, 0.15) is 25.3 Å². The summed E-state index contributed by atoms with van der Waals surface area (Å²) < 4.78 is 32.0. The van der Waals surface area contributed by atoms with E-state index in [2.05, 4.69) is 5.32 Å². The minimum atomic E-state index is -3.50. The molecular weight excluding hydrogens is 364 g/mol. The molecule has 0 fully saturated rings. The number of fused-ring (bicyclic) bond motifs is 1. The molecule has 1 heterocycles. The van der Waals surface area contributed by atoms with Crippen molar-refractivity contribution in [2.45, 2.75) is 25.9 Å². The minimum absolute atomic E-state index is 0.0290. The van der Waals surface area contributed by atoms with Gasteiger partial charge in [0.05, 0.1) is 18.0 Å². The zero-order valence-corrected chi connectivity index (χ0v) is 16.3. The molecule has 1 aliphatic rings. The SMILES string of the molecule is CCS(=O)(=O)N1C[C@@H](C(=O)NC[C@H](C)c2ccccc2)Oc2ccccc21. The molecule has 0 spiro atoms. The second kappa shape index (κ2) is 8.00. The Hall–Kier alpha value is -2.54. The summed E-state index contributed by atoms with van der Waals surface area (Å²) in [6.45, 7) is 4.04. The van der Waals surface area contributed by atoms with Crippen molar-refractivity contribution in [3.8, 4) is 5.75 Å². The molecule has 0 bridgehead atoms. The van der Waals surface area contributed by atoms with Gasteiger partial charge < -0.3 is 10.1 Å². The first-order chi connectivity index (χ1) is 12.9.